The molecule has 2 aromatic rings. The number of nitrogens with zero attached hydrogens (tertiary/aromatic N) is 5. The van der Waals surface area contributed by atoms with Crippen LogP contribution in [0.25, 0.3) is 5.82 Å². The fourth-order valence-electron chi connectivity index (χ4n) is 2.15. The Hall–Kier alpha value is -1.67. The standard InChI is InChI=1S/C13H15N5OS2/c1-20-11-14-5-4-10(15-11)18-8-9-21-13(18)16-12(19)17-6-2-3-7-17/h4-5,8-9H,2-3,6-7H2,1H3. The molecule has 1 aliphatic rings. The number of urea groups is 1. The Morgan fingerprint density at radius 3 is 3.00 bits per heavy atom. The molecule has 3 rings (SSSR count). The normalized spacial score (nSPS) is 15.7. The smallest absolute Gasteiger partial charge is 0.323 e. The fourth-order valence-corrected chi connectivity index (χ4v) is 3.21. The average molecular weight is 321 g/mol. The van der Waals surface area contributed by atoms with Gasteiger partial charge in [0.1, 0.15) is 5.82 Å². The zero-order chi connectivity index (χ0) is 14.7. The number of amides is 2. The minimum absolute atomic E-state index is 0.164. The lowest BCUT2D eigenvalue weighted by Crippen LogP contribution is -2.27. The molecule has 21 heavy (non-hydrogen) atoms. The van der Waals surface area contributed by atoms with Gasteiger partial charge in [0.15, 0.2) is 9.96 Å². The minimum Gasteiger partial charge on any atom is -0.323 e. The van der Waals surface area contributed by atoms with Crippen molar-refractivity contribution in [1.29, 1.82) is 0 Å². The van der Waals surface area contributed by atoms with Crippen molar-refractivity contribution in [2.75, 3.05) is 19.3 Å². The summed E-state index contributed by atoms with van der Waals surface area (Å²) in [7, 11) is 0. The van der Waals surface area contributed by atoms with Crippen molar-refractivity contribution < 1.29 is 4.79 Å². The molecule has 3 heterocycles. The van der Waals surface area contributed by atoms with Crippen molar-refractivity contribution in [3.05, 3.63) is 28.6 Å². The van der Waals surface area contributed by atoms with Crippen LogP contribution in [0.4, 0.5) is 4.79 Å². The number of hydrogen-bond donors (Lipinski definition) is 0. The van der Waals surface area contributed by atoms with Gasteiger partial charge in [-0.3, -0.25) is 4.57 Å². The van der Waals surface area contributed by atoms with Crippen molar-refractivity contribution in [2.45, 2.75) is 18.0 Å². The summed E-state index contributed by atoms with van der Waals surface area (Å²) in [4.78, 5) is 27.4. The molecule has 1 fully saturated rings. The Balaban J connectivity index is 1.94. The van der Waals surface area contributed by atoms with E-state index in [1.165, 1.54) is 23.1 Å². The number of carbonyl (C=O) groups is 1. The third-order valence-corrected chi connectivity index (χ3v) is 4.52. The van der Waals surface area contributed by atoms with E-state index >= 15 is 0 Å². The monoisotopic (exact) mass is 321 g/mol. The predicted octanol–water partition coefficient (Wildman–Crippen LogP) is 2.17. The van der Waals surface area contributed by atoms with Crippen molar-refractivity contribution in [2.24, 2.45) is 4.99 Å². The van der Waals surface area contributed by atoms with Crippen LogP contribution in [0.15, 0.2) is 34.0 Å². The van der Waals surface area contributed by atoms with Crippen LogP contribution < -0.4 is 4.80 Å². The largest absolute Gasteiger partial charge is 0.346 e. The van der Waals surface area contributed by atoms with Crippen molar-refractivity contribution in [1.82, 2.24) is 19.4 Å². The lowest BCUT2D eigenvalue weighted by atomic mass is 10.4. The number of hydrogen-bond acceptors (Lipinski definition) is 5. The lowest BCUT2D eigenvalue weighted by Gasteiger charge is -2.10. The number of carbonyl (C=O) groups excluding carboxylic acids is 1. The maximum atomic E-state index is 12.1. The van der Waals surface area contributed by atoms with Gasteiger partial charge >= 0.3 is 6.03 Å². The average Bonchev–Trinajstić information content (AvgIpc) is 3.18. The summed E-state index contributed by atoms with van der Waals surface area (Å²) in [6, 6.07) is 1.65. The highest BCUT2D eigenvalue weighted by molar-refractivity contribution is 7.98. The topological polar surface area (TPSA) is 63.4 Å². The molecule has 110 valence electrons. The molecule has 8 heteroatoms. The molecule has 0 spiro atoms. The highest BCUT2D eigenvalue weighted by atomic mass is 32.2. The van der Waals surface area contributed by atoms with E-state index in [4.69, 9.17) is 0 Å². The van der Waals surface area contributed by atoms with E-state index in [0.29, 0.717) is 9.96 Å². The molecule has 1 saturated heterocycles. The van der Waals surface area contributed by atoms with Crippen molar-refractivity contribution in [3.8, 4) is 5.82 Å². The zero-order valence-electron chi connectivity index (χ0n) is 11.6. The summed E-state index contributed by atoms with van der Waals surface area (Å²) < 4.78 is 1.82. The molecular weight excluding hydrogens is 306 g/mol. The molecule has 2 aromatic heterocycles. The second-order valence-electron chi connectivity index (χ2n) is 4.55. The molecule has 0 atom stereocenters. The van der Waals surface area contributed by atoms with Crippen LogP contribution in [-0.4, -0.2) is 44.8 Å². The quantitative estimate of drug-likeness (QED) is 0.628. The zero-order valence-corrected chi connectivity index (χ0v) is 13.2. The lowest BCUT2D eigenvalue weighted by molar-refractivity contribution is 0.218. The maximum absolute atomic E-state index is 12.1. The third kappa shape index (κ3) is 3.16. The first-order valence-corrected chi connectivity index (χ1v) is 8.75. The van der Waals surface area contributed by atoms with E-state index in [0.717, 1.165) is 31.7 Å². The van der Waals surface area contributed by atoms with Gasteiger partial charge in [0.2, 0.25) is 0 Å². The van der Waals surface area contributed by atoms with Gasteiger partial charge in [-0.05, 0) is 25.2 Å². The summed E-state index contributed by atoms with van der Waals surface area (Å²) in [5.41, 5.74) is 0. The van der Waals surface area contributed by atoms with Crippen LogP contribution in [0, 0.1) is 0 Å². The molecule has 0 aliphatic carbocycles. The van der Waals surface area contributed by atoms with E-state index in [1.807, 2.05) is 28.5 Å². The highest BCUT2D eigenvalue weighted by Crippen LogP contribution is 2.11. The van der Waals surface area contributed by atoms with Gasteiger partial charge in [0.05, 0.1) is 0 Å². The highest BCUT2D eigenvalue weighted by Gasteiger charge is 2.17. The van der Waals surface area contributed by atoms with Crippen LogP contribution >= 0.6 is 23.1 Å². The van der Waals surface area contributed by atoms with Gasteiger partial charge < -0.3 is 4.90 Å². The van der Waals surface area contributed by atoms with E-state index in [9.17, 15) is 4.79 Å². The fraction of sp³-hybridized carbons (Fsp3) is 0.385. The van der Waals surface area contributed by atoms with E-state index in [1.54, 1.807) is 11.1 Å². The Morgan fingerprint density at radius 2 is 2.24 bits per heavy atom. The van der Waals surface area contributed by atoms with E-state index in [-0.39, 0.29) is 6.03 Å². The molecule has 1 aliphatic heterocycles. The van der Waals surface area contributed by atoms with Gasteiger partial charge in [0.25, 0.3) is 0 Å². The third-order valence-electron chi connectivity index (χ3n) is 3.21. The first-order chi connectivity index (χ1) is 10.3. The summed E-state index contributed by atoms with van der Waals surface area (Å²) in [5, 5.41) is 2.60. The Morgan fingerprint density at radius 1 is 1.43 bits per heavy atom. The second kappa shape index (κ2) is 6.40. The molecular formula is C13H15N5OS2. The number of thioether (sulfide) groups is 1. The molecule has 0 bridgehead atoms. The second-order valence-corrected chi connectivity index (χ2v) is 6.19. The van der Waals surface area contributed by atoms with Crippen LogP contribution in [0.1, 0.15) is 12.8 Å². The summed E-state index contributed by atoms with van der Waals surface area (Å²) in [6.45, 7) is 1.61. The van der Waals surface area contributed by atoms with Crippen LogP contribution in [0.5, 0.6) is 0 Å². The van der Waals surface area contributed by atoms with Gasteiger partial charge in [-0.2, -0.15) is 4.99 Å². The number of aromatic nitrogens is 3. The first-order valence-electron chi connectivity index (χ1n) is 6.65. The maximum Gasteiger partial charge on any atom is 0.346 e. The van der Waals surface area contributed by atoms with Crippen molar-refractivity contribution >= 4 is 29.1 Å². The van der Waals surface area contributed by atoms with Crippen LogP contribution in [0.2, 0.25) is 0 Å². The summed E-state index contributed by atoms with van der Waals surface area (Å²) in [6.07, 6.45) is 7.64. The van der Waals surface area contributed by atoms with Gasteiger partial charge in [-0.1, -0.05) is 11.8 Å². The molecule has 0 saturated carbocycles. The molecule has 0 N–H and O–H groups in total. The van der Waals surface area contributed by atoms with Crippen molar-refractivity contribution in [3.63, 3.8) is 0 Å². The van der Waals surface area contributed by atoms with Gasteiger partial charge in [0, 0.05) is 30.9 Å². The SMILES string of the molecule is CSc1nccc(-n2ccsc2=NC(=O)N2CCCC2)n1. The molecule has 2 amide bonds. The Labute approximate surface area is 130 Å². The molecule has 6 nitrogen and oxygen atoms in total. The number of thiazole rings is 1. The first kappa shape index (κ1) is 14.3. The Bertz CT molecular complexity index is 702. The predicted molar refractivity (Wildman–Crippen MR) is 82.8 cm³/mol. The van der Waals surface area contributed by atoms with Crippen LogP contribution in [-0.2, 0) is 0 Å². The molecule has 0 radical (unpaired) electrons. The minimum atomic E-state index is -0.164. The number of rotatable bonds is 2. The Kier molecular flexibility index (Phi) is 4.35. The summed E-state index contributed by atoms with van der Waals surface area (Å²) in [5.74, 6) is 0.726. The van der Waals surface area contributed by atoms with Gasteiger partial charge in [-0.25, -0.2) is 14.8 Å². The van der Waals surface area contributed by atoms with E-state index < -0.39 is 0 Å². The van der Waals surface area contributed by atoms with E-state index in [2.05, 4.69) is 15.0 Å². The molecule has 0 unspecified atom stereocenters. The molecule has 0 aromatic carbocycles. The summed E-state index contributed by atoms with van der Waals surface area (Å²) >= 11 is 2.91. The van der Waals surface area contributed by atoms with Gasteiger partial charge in [-0.15, -0.1) is 11.3 Å². The van der Waals surface area contributed by atoms with Crippen LogP contribution in [0.3, 0.4) is 0 Å². The number of likely N-dealkylation sites (tertiary alicyclic amines) is 1.